The van der Waals surface area contributed by atoms with Crippen molar-refractivity contribution in [2.24, 2.45) is 0 Å². The van der Waals surface area contributed by atoms with E-state index in [2.05, 4.69) is 164 Å². The van der Waals surface area contributed by atoms with Crippen LogP contribution in [0.5, 0.6) is 0 Å². The molecule has 0 N–H and O–H groups in total. The summed E-state index contributed by atoms with van der Waals surface area (Å²) in [6, 6.07) is 38.2. The second-order valence-corrected chi connectivity index (χ2v) is 16.8. The Bertz CT molecular complexity index is 1720. The first kappa shape index (κ1) is 19.8. The second-order valence-electron chi connectivity index (χ2n) is 10.5. The molecule has 3 aliphatic rings. The van der Waals surface area contributed by atoms with Crippen molar-refractivity contribution in [1.82, 2.24) is 8.47 Å². The van der Waals surface area contributed by atoms with Crippen molar-refractivity contribution in [2.75, 3.05) is 19.0 Å². The molecule has 8 rings (SSSR count). The molecule has 3 aliphatic heterocycles. The van der Waals surface area contributed by atoms with Gasteiger partial charge in [-0.25, -0.2) is 0 Å². The molecule has 0 unspecified atom stereocenters. The van der Waals surface area contributed by atoms with Gasteiger partial charge in [0.2, 0.25) is 0 Å². The minimum absolute atomic E-state index is 1.18. The molecule has 3 aromatic carbocycles. The van der Waals surface area contributed by atoms with E-state index in [1.54, 1.807) is 0 Å². The third-order valence-corrected chi connectivity index (χ3v) is 18.6. The van der Waals surface area contributed by atoms with Crippen LogP contribution in [0.2, 0.25) is 0 Å². The van der Waals surface area contributed by atoms with Gasteiger partial charge in [-0.15, -0.1) is 0 Å². The Labute approximate surface area is 209 Å². The normalized spacial score (nSPS) is 20.3. The maximum atomic E-state index is 2.65. The molecule has 0 saturated carbocycles. The monoisotopic (exact) mass is 485 g/mol. The summed E-state index contributed by atoms with van der Waals surface area (Å²) in [4.78, 5) is 2.17. The Morgan fingerprint density at radius 1 is 0.556 bits per heavy atom. The second kappa shape index (κ2) is 5.86. The van der Waals surface area contributed by atoms with Crippen molar-refractivity contribution < 1.29 is 8.48 Å². The van der Waals surface area contributed by atoms with Gasteiger partial charge in [-0.3, -0.25) is 0 Å². The zero-order chi connectivity index (χ0) is 24.2. The molecule has 1 spiro atoms. The Kier molecular flexibility index (Phi) is 3.23. The van der Waals surface area contributed by atoms with Gasteiger partial charge in [-0.2, -0.15) is 0 Å². The van der Waals surface area contributed by atoms with Crippen molar-refractivity contribution in [3.63, 3.8) is 0 Å². The molecule has 5 nitrogen and oxygen atoms in total. The molecule has 5 heterocycles. The third-order valence-electron chi connectivity index (χ3n) is 9.22. The number of anilines is 1. The molecular weight excluding hydrogens is 458 g/mol. The molecule has 36 heavy (non-hydrogen) atoms. The van der Waals surface area contributed by atoms with Crippen molar-refractivity contribution in [3.8, 4) is 0 Å². The summed E-state index contributed by atoms with van der Waals surface area (Å²) in [5.41, 5.74) is 6.04. The van der Waals surface area contributed by atoms with Crippen LogP contribution in [0.25, 0.3) is 0 Å². The molecule has 0 fully saturated rings. The van der Waals surface area contributed by atoms with Crippen LogP contribution in [0.4, 0.5) is 17.1 Å². The number of hydrogen-bond donors (Lipinski definition) is 0. The summed E-state index contributed by atoms with van der Waals surface area (Å²) in [6.07, 6.45) is 9.34. The summed E-state index contributed by atoms with van der Waals surface area (Å²) in [5.74, 6) is 0. The number of fused-ring (bicyclic) bond motifs is 5. The Hall–Kier alpha value is -4.42. The molecule has 0 saturated heterocycles. The molecule has 0 atom stereocenters. The summed E-state index contributed by atoms with van der Waals surface area (Å²) >= 11 is 0. The summed E-state index contributed by atoms with van der Waals surface area (Å²) in [5, 5.41) is 2.58. The van der Waals surface area contributed by atoms with Gasteiger partial charge in [-0.05, 0) is 0 Å². The van der Waals surface area contributed by atoms with E-state index in [0.29, 0.717) is 0 Å². The van der Waals surface area contributed by atoms with E-state index in [1.165, 1.54) is 38.8 Å². The number of aromatic nitrogens is 2. The quantitative estimate of drug-likeness (QED) is 0.356. The molecule has 5 aromatic rings. The van der Waals surface area contributed by atoms with Crippen LogP contribution in [0.15, 0.2) is 116 Å². The van der Waals surface area contributed by atoms with E-state index in [0.717, 1.165) is 0 Å². The predicted molar refractivity (Wildman–Crippen MR) is 149 cm³/mol. The molecule has 0 aliphatic carbocycles. The van der Waals surface area contributed by atoms with Crippen LogP contribution in [-0.4, -0.2) is 50.7 Å². The zero-order valence-corrected chi connectivity index (χ0v) is 21.4. The first-order valence-electron chi connectivity index (χ1n) is 12.5. The van der Waals surface area contributed by atoms with Crippen molar-refractivity contribution >= 4 is 47.1 Å². The van der Waals surface area contributed by atoms with Gasteiger partial charge in [0.25, 0.3) is 0 Å². The molecule has 0 bridgehead atoms. The number of rotatable bonds is 3. The molecule has 0 amide bonds. The fraction of sp³-hybridized carbons (Fsp3) is 0.0667. The van der Waals surface area contributed by atoms with Crippen LogP contribution < -0.4 is 15.3 Å². The van der Waals surface area contributed by atoms with Gasteiger partial charge in [0.1, 0.15) is 0 Å². The van der Waals surface area contributed by atoms with E-state index in [4.69, 9.17) is 0 Å². The number of para-hydroxylation sites is 2. The van der Waals surface area contributed by atoms with Gasteiger partial charge in [-0.1, -0.05) is 0 Å². The van der Waals surface area contributed by atoms with E-state index in [-0.39, 0.29) is 0 Å². The summed E-state index contributed by atoms with van der Waals surface area (Å²) in [7, 11) is -0.677. The van der Waals surface area contributed by atoms with Crippen molar-refractivity contribution in [3.05, 3.63) is 127 Å². The van der Waals surface area contributed by atoms with E-state index < -0.39 is 7.27 Å². The van der Waals surface area contributed by atoms with Crippen LogP contribution in [0, 0.1) is 0 Å². The number of benzene rings is 3. The molecular formula is C30H27N5Si. The van der Waals surface area contributed by atoms with Gasteiger partial charge in [0, 0.05) is 0 Å². The molecule has 176 valence electrons. The maximum absolute atomic E-state index is 4.88. The van der Waals surface area contributed by atoms with Crippen LogP contribution in [-0.2, 0) is 0 Å². The molecule has 2 aromatic heterocycles. The standard InChI is InChI=1S/C30H27N5Si/c1-31(2)24-16-18-28(19-17-24)36(27-12-4-3-5-13-27)32-20-8-10-25(32)22-34(36)29-14-6-7-15-30(29)35(36)23-26-11-9-21-33(26)36/h3-23H,1-2H3. The Morgan fingerprint density at radius 2 is 1.06 bits per heavy atom. The fourth-order valence-corrected chi connectivity index (χ4v) is 18.6. The Morgan fingerprint density at radius 3 is 1.58 bits per heavy atom. The first-order valence-corrected chi connectivity index (χ1v) is 15.3. The van der Waals surface area contributed by atoms with Gasteiger partial charge in [0.05, 0.1) is 0 Å². The van der Waals surface area contributed by atoms with Gasteiger partial charge in [0.15, 0.2) is 0 Å². The van der Waals surface area contributed by atoms with E-state index >= 15 is 0 Å². The molecule has 6 heteroatoms. The SMILES string of the molecule is CN(C)c1ccc([Si-2]234(c5ccccc5)n5cccc5C=[N+]2c2ccccc2[N+]3=Cc2cccn24)cc1. The van der Waals surface area contributed by atoms with Crippen LogP contribution in [0.3, 0.4) is 0 Å². The van der Waals surface area contributed by atoms with Crippen molar-refractivity contribution in [2.45, 2.75) is 0 Å². The Balaban J connectivity index is 1.75. The van der Waals surface area contributed by atoms with Gasteiger partial charge >= 0.3 is 210 Å². The number of nitrogens with zero attached hydrogens (tertiary/aromatic N) is 5. The average molecular weight is 486 g/mol. The summed E-state index contributed by atoms with van der Waals surface area (Å²) in [6.45, 7) is 0. The summed E-state index contributed by atoms with van der Waals surface area (Å²) < 4.78 is 10.5. The van der Waals surface area contributed by atoms with Crippen molar-refractivity contribution in [1.29, 1.82) is 0 Å². The van der Waals surface area contributed by atoms with Crippen LogP contribution >= 0.6 is 0 Å². The minimum atomic E-state index is -4.88. The fourth-order valence-electron chi connectivity index (χ4n) is 8.03. The average Bonchev–Trinajstić information content (AvgIpc) is 3.70. The third kappa shape index (κ3) is 1.56. The molecule has 0 radical (unpaired) electrons. The predicted octanol–water partition coefficient (Wildman–Crippen LogP) is 3.78. The van der Waals surface area contributed by atoms with E-state index in [9.17, 15) is 0 Å². The topological polar surface area (TPSA) is 19.1 Å². The van der Waals surface area contributed by atoms with Crippen LogP contribution in [0.1, 0.15) is 11.4 Å². The van der Waals surface area contributed by atoms with E-state index in [1.807, 2.05) is 0 Å². The van der Waals surface area contributed by atoms with Gasteiger partial charge < -0.3 is 0 Å². The zero-order valence-electron chi connectivity index (χ0n) is 20.4. The first-order chi connectivity index (χ1) is 17.6. The number of hydrogen-bond acceptors (Lipinski definition) is 1.